The summed E-state index contributed by atoms with van der Waals surface area (Å²) in [6.07, 6.45) is -3.47. The lowest BCUT2D eigenvalue weighted by Gasteiger charge is -2.41. The second-order valence-corrected chi connectivity index (χ2v) is 12.1. The van der Waals surface area contributed by atoms with Gasteiger partial charge in [-0.3, -0.25) is 19.2 Å². The van der Waals surface area contributed by atoms with Crippen LogP contribution in [0.2, 0.25) is 10.0 Å². The third-order valence-electron chi connectivity index (χ3n) is 6.74. The molecule has 236 valence electrons. The summed E-state index contributed by atoms with van der Waals surface area (Å²) in [6, 6.07) is 15.6. The number of ether oxygens (including phenoxy) is 4. The molecule has 0 aliphatic carbocycles. The lowest BCUT2D eigenvalue weighted by Crippen LogP contribution is -2.56. The first-order valence-electron chi connectivity index (χ1n) is 13.6. The van der Waals surface area contributed by atoms with Gasteiger partial charge >= 0.3 is 17.9 Å². The molecule has 0 saturated carbocycles. The molecule has 2 aromatic rings. The van der Waals surface area contributed by atoms with Gasteiger partial charge in [-0.05, 0) is 48.9 Å². The normalized spacial score (nSPS) is 22.9. The maximum absolute atomic E-state index is 13.7. The van der Waals surface area contributed by atoms with Gasteiger partial charge in [0, 0.05) is 47.8 Å². The Labute approximate surface area is 273 Å². The molecule has 1 fully saturated rings. The predicted octanol–water partition coefficient (Wildman–Crippen LogP) is 5.21. The Balaban J connectivity index is 1.74. The van der Waals surface area contributed by atoms with E-state index >= 15 is 0 Å². The van der Waals surface area contributed by atoms with E-state index in [1.807, 2.05) is 0 Å². The number of anilines is 1. The molecular formula is C31H29Cl2N3O8S. The Morgan fingerprint density at radius 1 is 0.911 bits per heavy atom. The third kappa shape index (κ3) is 8.38. The number of halogens is 2. The van der Waals surface area contributed by atoms with Crippen molar-refractivity contribution < 1.29 is 38.1 Å². The van der Waals surface area contributed by atoms with Crippen molar-refractivity contribution in [2.45, 2.75) is 57.4 Å². The molecule has 0 bridgehead atoms. The Morgan fingerprint density at radius 2 is 1.47 bits per heavy atom. The molecule has 4 rings (SSSR count). The maximum atomic E-state index is 13.7. The minimum Gasteiger partial charge on any atom is -0.456 e. The highest BCUT2D eigenvalue weighted by molar-refractivity contribution is 8.03. The van der Waals surface area contributed by atoms with E-state index in [-0.39, 0.29) is 17.8 Å². The Bertz CT molecular complexity index is 1590. The van der Waals surface area contributed by atoms with Crippen molar-refractivity contribution in [3.05, 3.63) is 86.0 Å². The highest BCUT2D eigenvalue weighted by atomic mass is 35.5. The molecule has 2 aliphatic heterocycles. The van der Waals surface area contributed by atoms with Gasteiger partial charge < -0.3 is 29.6 Å². The summed E-state index contributed by atoms with van der Waals surface area (Å²) in [5, 5.41) is 17.8. The zero-order chi connectivity index (χ0) is 32.8. The molecule has 2 heterocycles. The van der Waals surface area contributed by atoms with Gasteiger partial charge in [0.25, 0.3) is 5.91 Å². The average Bonchev–Trinajstić information content (AvgIpc) is 2.96. The summed E-state index contributed by atoms with van der Waals surface area (Å²) in [5.74, 6) is -3.32. The molecule has 0 radical (unpaired) electrons. The van der Waals surface area contributed by atoms with E-state index < -0.39 is 53.5 Å². The van der Waals surface area contributed by atoms with Crippen molar-refractivity contribution in [1.82, 2.24) is 5.32 Å². The van der Waals surface area contributed by atoms with Crippen LogP contribution < -0.4 is 10.6 Å². The van der Waals surface area contributed by atoms with Crippen LogP contribution in [-0.2, 0) is 38.1 Å². The van der Waals surface area contributed by atoms with Crippen molar-refractivity contribution >= 4 is 64.5 Å². The molecule has 45 heavy (non-hydrogen) atoms. The van der Waals surface area contributed by atoms with Crippen LogP contribution in [0, 0.1) is 11.3 Å². The smallest absolute Gasteiger partial charge is 0.303 e. The standard InChI is InChI=1S/C31H29Cl2N3O8S/c1-15-25(29(40)36-22-11-9-21(33)10-12-22)26(19-5-7-20(32)8-6-19)23(13-34)30(35-15)45-31-28(44-18(4)39)27(43-17(3)38)24(14-41-31)42-16(2)37/h5-12,24,26-28,31,35H,14H2,1-4H3,(H,36,40)/t24-,26?,27-,28+,31-/m0/s1. The molecule has 1 amide bonds. The average molecular weight is 675 g/mol. The summed E-state index contributed by atoms with van der Waals surface area (Å²) >= 11 is 13.2. The van der Waals surface area contributed by atoms with E-state index in [0.717, 1.165) is 11.8 Å². The lowest BCUT2D eigenvalue weighted by molar-refractivity contribution is -0.213. The summed E-state index contributed by atoms with van der Waals surface area (Å²) in [5.41, 5.74) is 0.995. The third-order valence-corrected chi connectivity index (χ3v) is 8.43. The fraction of sp³-hybridized carbons (Fsp3) is 0.323. The van der Waals surface area contributed by atoms with Crippen LogP contribution in [0.25, 0.3) is 0 Å². The number of esters is 3. The van der Waals surface area contributed by atoms with Crippen LogP contribution in [-0.4, -0.2) is 54.2 Å². The minimum absolute atomic E-state index is 0.172. The number of hydrogen-bond donors (Lipinski definition) is 2. The summed E-state index contributed by atoms with van der Waals surface area (Å²) in [4.78, 5) is 49.7. The molecule has 1 saturated heterocycles. The molecule has 14 heteroatoms. The van der Waals surface area contributed by atoms with Crippen molar-refractivity contribution in [3.63, 3.8) is 0 Å². The van der Waals surface area contributed by atoms with Crippen molar-refractivity contribution in [2.24, 2.45) is 0 Å². The summed E-state index contributed by atoms with van der Waals surface area (Å²) in [7, 11) is 0. The second-order valence-electron chi connectivity index (χ2n) is 10.1. The Morgan fingerprint density at radius 3 is 2.02 bits per heavy atom. The number of nitriles is 1. The largest absolute Gasteiger partial charge is 0.456 e. The van der Waals surface area contributed by atoms with Crippen LogP contribution in [0.15, 0.2) is 70.4 Å². The van der Waals surface area contributed by atoms with Crippen LogP contribution >= 0.6 is 35.0 Å². The van der Waals surface area contributed by atoms with Gasteiger partial charge in [-0.15, -0.1) is 0 Å². The first kappa shape index (κ1) is 33.9. The summed E-state index contributed by atoms with van der Waals surface area (Å²) < 4.78 is 22.3. The number of nitrogens with one attached hydrogen (secondary N) is 2. The fourth-order valence-corrected chi connectivity index (χ4v) is 6.43. The zero-order valence-corrected chi connectivity index (χ0v) is 26.9. The summed E-state index contributed by atoms with van der Waals surface area (Å²) in [6.45, 7) is 5.04. The van der Waals surface area contributed by atoms with Crippen molar-refractivity contribution in [3.8, 4) is 6.07 Å². The van der Waals surface area contributed by atoms with E-state index in [9.17, 15) is 24.4 Å². The number of allylic oxidation sites excluding steroid dienone is 2. The number of dihydropyridines is 1. The molecule has 1 unspecified atom stereocenters. The van der Waals surface area contributed by atoms with Gasteiger partial charge in [-0.25, -0.2) is 0 Å². The van der Waals surface area contributed by atoms with Crippen LogP contribution in [0.4, 0.5) is 5.69 Å². The van der Waals surface area contributed by atoms with Crippen LogP contribution in [0.5, 0.6) is 0 Å². The molecule has 5 atom stereocenters. The molecule has 2 aliphatic rings. The quantitative estimate of drug-likeness (QED) is 0.280. The molecule has 2 aromatic carbocycles. The van der Waals surface area contributed by atoms with Crippen LogP contribution in [0.3, 0.4) is 0 Å². The second kappa shape index (κ2) is 14.8. The number of rotatable bonds is 8. The fourth-order valence-electron chi connectivity index (χ4n) is 4.95. The van der Waals surface area contributed by atoms with Gasteiger partial charge in [0.05, 0.1) is 29.2 Å². The number of thioether (sulfide) groups is 1. The molecule has 11 nitrogen and oxygen atoms in total. The van der Waals surface area contributed by atoms with Gasteiger partial charge in [0.1, 0.15) is 5.44 Å². The highest BCUT2D eigenvalue weighted by Gasteiger charge is 2.48. The maximum Gasteiger partial charge on any atom is 0.303 e. The first-order chi connectivity index (χ1) is 21.4. The number of amides is 1. The van der Waals surface area contributed by atoms with E-state index in [4.69, 9.17) is 42.1 Å². The van der Waals surface area contributed by atoms with E-state index in [0.29, 0.717) is 32.0 Å². The van der Waals surface area contributed by atoms with Crippen LogP contribution in [0.1, 0.15) is 39.2 Å². The SMILES string of the molecule is CC(=O)O[C@@H]1[C@@H](OC(C)=O)[C@H](SC2=C(C#N)C(c3ccc(Cl)cc3)C(C(=O)Nc3ccc(Cl)cc3)=C(C)N2)OC[C@@H]1OC(C)=O. The number of hydrogen-bond acceptors (Lipinski definition) is 11. The van der Waals surface area contributed by atoms with E-state index in [1.165, 1.54) is 20.8 Å². The topological polar surface area (TPSA) is 153 Å². The van der Waals surface area contributed by atoms with E-state index in [2.05, 4.69) is 16.7 Å². The molecule has 2 N–H and O–H groups in total. The van der Waals surface area contributed by atoms with Gasteiger partial charge in [0.2, 0.25) is 0 Å². The Hall–Kier alpha value is -4.02. The molecule has 0 spiro atoms. The minimum atomic E-state index is -1.23. The first-order valence-corrected chi connectivity index (χ1v) is 15.3. The monoisotopic (exact) mass is 673 g/mol. The van der Waals surface area contributed by atoms with Crippen molar-refractivity contribution in [2.75, 3.05) is 11.9 Å². The number of carbonyl (C=O) groups excluding carboxylic acids is 4. The van der Waals surface area contributed by atoms with Gasteiger partial charge in [-0.1, -0.05) is 47.1 Å². The van der Waals surface area contributed by atoms with Gasteiger partial charge in [-0.2, -0.15) is 5.26 Å². The zero-order valence-electron chi connectivity index (χ0n) is 24.6. The number of benzene rings is 2. The highest BCUT2D eigenvalue weighted by Crippen LogP contribution is 2.44. The lowest BCUT2D eigenvalue weighted by atomic mass is 9.82. The molecule has 0 aromatic heterocycles. The Kier molecular flexibility index (Phi) is 11.2. The number of nitrogens with zero attached hydrogens (tertiary/aromatic N) is 1. The predicted molar refractivity (Wildman–Crippen MR) is 167 cm³/mol. The number of carbonyl (C=O) groups is 4. The molecular weight excluding hydrogens is 645 g/mol. The van der Waals surface area contributed by atoms with E-state index in [1.54, 1.807) is 55.5 Å². The van der Waals surface area contributed by atoms with Crippen molar-refractivity contribution in [1.29, 1.82) is 5.26 Å². The van der Waals surface area contributed by atoms with Gasteiger partial charge in [0.15, 0.2) is 18.3 Å².